The number of allylic oxidation sites excluding steroid dienone is 2. The molecule has 110 valence electrons. The Kier molecular flexibility index (Phi) is 4.07. The summed E-state index contributed by atoms with van der Waals surface area (Å²) in [6.07, 6.45) is 1.68. The average Bonchev–Trinajstić information content (AvgIpc) is 2.40. The van der Waals surface area contributed by atoms with Crippen molar-refractivity contribution in [2.24, 2.45) is 5.41 Å². The molecule has 0 heterocycles. The molecular weight excluding hydrogens is 268 g/mol. The molecule has 0 spiro atoms. The SMILES string of the molecule is CC(=O)OCc1ccc(C2=CC(=O)CC(C)(C)C2=O)cc1. The van der Waals surface area contributed by atoms with Crippen molar-refractivity contribution in [2.45, 2.75) is 33.8 Å². The van der Waals surface area contributed by atoms with Crippen LogP contribution in [0.25, 0.3) is 5.57 Å². The van der Waals surface area contributed by atoms with Crippen LogP contribution in [-0.2, 0) is 25.7 Å². The first kappa shape index (κ1) is 15.2. The molecule has 1 aromatic carbocycles. The molecule has 1 aromatic rings. The molecule has 0 saturated heterocycles. The predicted molar refractivity (Wildman–Crippen MR) is 78.3 cm³/mol. The summed E-state index contributed by atoms with van der Waals surface area (Å²) >= 11 is 0. The van der Waals surface area contributed by atoms with E-state index in [4.69, 9.17) is 4.74 Å². The maximum Gasteiger partial charge on any atom is 0.302 e. The van der Waals surface area contributed by atoms with E-state index in [1.807, 2.05) is 0 Å². The van der Waals surface area contributed by atoms with E-state index in [1.165, 1.54) is 13.0 Å². The van der Waals surface area contributed by atoms with E-state index in [9.17, 15) is 14.4 Å². The fourth-order valence-electron chi connectivity index (χ4n) is 2.34. The lowest BCUT2D eigenvalue weighted by Crippen LogP contribution is -2.31. The Morgan fingerprint density at radius 3 is 2.38 bits per heavy atom. The quantitative estimate of drug-likeness (QED) is 0.802. The molecule has 4 nitrogen and oxygen atoms in total. The van der Waals surface area contributed by atoms with E-state index >= 15 is 0 Å². The van der Waals surface area contributed by atoms with Crippen molar-refractivity contribution in [3.8, 4) is 0 Å². The minimum Gasteiger partial charge on any atom is -0.461 e. The summed E-state index contributed by atoms with van der Waals surface area (Å²) in [5.41, 5.74) is 1.35. The number of ketones is 2. The molecule has 0 unspecified atom stereocenters. The van der Waals surface area contributed by atoms with Gasteiger partial charge in [0, 0.05) is 24.3 Å². The van der Waals surface area contributed by atoms with Gasteiger partial charge in [0.05, 0.1) is 0 Å². The Bertz CT molecular complexity index is 621. The van der Waals surface area contributed by atoms with Gasteiger partial charge in [0.1, 0.15) is 6.61 Å². The number of ether oxygens (including phenoxy) is 1. The second kappa shape index (κ2) is 5.64. The van der Waals surface area contributed by atoms with Gasteiger partial charge in [0.25, 0.3) is 0 Å². The average molecular weight is 286 g/mol. The van der Waals surface area contributed by atoms with E-state index in [2.05, 4.69) is 0 Å². The molecule has 0 radical (unpaired) electrons. The number of rotatable bonds is 3. The van der Waals surface area contributed by atoms with Gasteiger partial charge >= 0.3 is 5.97 Å². The second-order valence-corrected chi connectivity index (χ2v) is 5.89. The van der Waals surface area contributed by atoms with Crippen molar-refractivity contribution >= 4 is 23.1 Å². The fraction of sp³-hybridized carbons (Fsp3) is 0.353. The maximum atomic E-state index is 12.4. The van der Waals surface area contributed by atoms with E-state index in [0.717, 1.165) is 5.56 Å². The molecule has 1 aliphatic carbocycles. The summed E-state index contributed by atoms with van der Waals surface area (Å²) < 4.78 is 4.91. The first-order chi connectivity index (χ1) is 9.79. The van der Waals surface area contributed by atoms with Crippen LogP contribution in [0.3, 0.4) is 0 Å². The smallest absolute Gasteiger partial charge is 0.302 e. The van der Waals surface area contributed by atoms with Crippen molar-refractivity contribution in [1.29, 1.82) is 0 Å². The van der Waals surface area contributed by atoms with Gasteiger partial charge in [-0.3, -0.25) is 14.4 Å². The largest absolute Gasteiger partial charge is 0.461 e. The number of carbonyl (C=O) groups excluding carboxylic acids is 3. The Morgan fingerprint density at radius 1 is 1.19 bits per heavy atom. The third-order valence-electron chi connectivity index (χ3n) is 3.49. The number of esters is 1. The van der Waals surface area contributed by atoms with Crippen LogP contribution in [0.5, 0.6) is 0 Å². The predicted octanol–water partition coefficient (Wildman–Crippen LogP) is 2.70. The Balaban J connectivity index is 2.24. The monoisotopic (exact) mass is 286 g/mol. The molecule has 0 aliphatic heterocycles. The molecule has 2 rings (SSSR count). The highest BCUT2D eigenvalue weighted by atomic mass is 16.5. The van der Waals surface area contributed by atoms with E-state index in [-0.39, 0.29) is 30.6 Å². The van der Waals surface area contributed by atoms with Crippen LogP contribution in [0, 0.1) is 5.41 Å². The highest BCUT2D eigenvalue weighted by molar-refractivity contribution is 6.30. The van der Waals surface area contributed by atoms with E-state index in [1.54, 1.807) is 38.1 Å². The standard InChI is InChI=1S/C17H18O4/c1-11(18)21-10-12-4-6-13(7-5-12)15-8-14(19)9-17(2,3)16(15)20/h4-8H,9-10H2,1-3H3. The number of Topliss-reactive ketones (excluding diaryl/α,β-unsaturated/α-hetero) is 1. The normalized spacial score (nSPS) is 17.4. The van der Waals surface area contributed by atoms with Gasteiger partial charge < -0.3 is 4.74 Å². The highest BCUT2D eigenvalue weighted by Gasteiger charge is 2.36. The summed E-state index contributed by atoms with van der Waals surface area (Å²) in [6, 6.07) is 7.13. The first-order valence-corrected chi connectivity index (χ1v) is 6.81. The highest BCUT2D eigenvalue weighted by Crippen LogP contribution is 2.34. The first-order valence-electron chi connectivity index (χ1n) is 6.81. The van der Waals surface area contributed by atoms with Crippen molar-refractivity contribution in [2.75, 3.05) is 0 Å². The van der Waals surface area contributed by atoms with Crippen LogP contribution >= 0.6 is 0 Å². The minimum absolute atomic E-state index is 0.0187. The summed E-state index contributed by atoms with van der Waals surface area (Å²) in [4.78, 5) is 34.9. The molecular formula is C17H18O4. The topological polar surface area (TPSA) is 60.4 Å². The summed E-state index contributed by atoms with van der Waals surface area (Å²) in [5.74, 6) is -0.384. The van der Waals surface area contributed by atoms with Gasteiger partial charge in [0.2, 0.25) is 0 Å². The zero-order valence-electron chi connectivity index (χ0n) is 12.4. The van der Waals surface area contributed by atoms with Crippen LogP contribution < -0.4 is 0 Å². The minimum atomic E-state index is -0.655. The zero-order valence-corrected chi connectivity index (χ0v) is 12.4. The lowest BCUT2D eigenvalue weighted by molar-refractivity contribution is -0.142. The van der Waals surface area contributed by atoms with Gasteiger partial charge in [-0.1, -0.05) is 38.1 Å². The maximum absolute atomic E-state index is 12.4. The Labute approximate surface area is 123 Å². The molecule has 21 heavy (non-hydrogen) atoms. The molecule has 0 aromatic heterocycles. The van der Waals surface area contributed by atoms with Crippen LogP contribution in [0.2, 0.25) is 0 Å². The Hall–Kier alpha value is -2.23. The summed E-state index contributed by atoms with van der Waals surface area (Å²) in [5, 5.41) is 0. The van der Waals surface area contributed by atoms with Gasteiger partial charge in [-0.2, -0.15) is 0 Å². The number of hydrogen-bond donors (Lipinski definition) is 0. The van der Waals surface area contributed by atoms with E-state index < -0.39 is 5.41 Å². The number of benzene rings is 1. The molecule has 0 atom stereocenters. The molecule has 4 heteroatoms. The molecule has 0 amide bonds. The van der Waals surface area contributed by atoms with Gasteiger partial charge in [-0.25, -0.2) is 0 Å². The number of carbonyl (C=O) groups is 3. The van der Waals surface area contributed by atoms with Gasteiger partial charge in [0.15, 0.2) is 11.6 Å². The Morgan fingerprint density at radius 2 is 1.81 bits per heavy atom. The van der Waals surface area contributed by atoms with Gasteiger partial charge in [-0.05, 0) is 17.2 Å². The fourth-order valence-corrected chi connectivity index (χ4v) is 2.34. The third-order valence-corrected chi connectivity index (χ3v) is 3.49. The molecule has 0 bridgehead atoms. The molecule has 1 aliphatic rings. The van der Waals surface area contributed by atoms with Gasteiger partial charge in [-0.15, -0.1) is 0 Å². The van der Waals surface area contributed by atoms with Crippen molar-refractivity contribution < 1.29 is 19.1 Å². The lowest BCUT2D eigenvalue weighted by atomic mass is 9.74. The van der Waals surface area contributed by atoms with Crippen LogP contribution in [0.1, 0.15) is 38.3 Å². The zero-order chi connectivity index (χ0) is 15.6. The van der Waals surface area contributed by atoms with Crippen LogP contribution in [0.15, 0.2) is 30.3 Å². The van der Waals surface area contributed by atoms with Crippen LogP contribution in [0.4, 0.5) is 0 Å². The number of hydrogen-bond acceptors (Lipinski definition) is 4. The summed E-state index contributed by atoms with van der Waals surface area (Å²) in [7, 11) is 0. The van der Waals surface area contributed by atoms with Crippen LogP contribution in [-0.4, -0.2) is 17.5 Å². The second-order valence-electron chi connectivity index (χ2n) is 5.89. The van der Waals surface area contributed by atoms with Crippen molar-refractivity contribution in [3.63, 3.8) is 0 Å². The molecule has 0 fully saturated rings. The lowest BCUT2D eigenvalue weighted by Gasteiger charge is -2.27. The van der Waals surface area contributed by atoms with E-state index in [0.29, 0.717) is 11.1 Å². The summed E-state index contributed by atoms with van der Waals surface area (Å²) in [6.45, 7) is 5.13. The van der Waals surface area contributed by atoms with Crippen molar-refractivity contribution in [1.82, 2.24) is 0 Å². The third kappa shape index (κ3) is 3.45. The van der Waals surface area contributed by atoms with Crippen molar-refractivity contribution in [3.05, 3.63) is 41.5 Å². The molecule has 0 saturated carbocycles. The molecule has 0 N–H and O–H groups in total.